The van der Waals surface area contributed by atoms with Crippen molar-refractivity contribution in [1.29, 1.82) is 0 Å². The molecule has 0 fully saturated rings. The molecule has 0 amide bonds. The van der Waals surface area contributed by atoms with Crippen LogP contribution in [0.1, 0.15) is 5.56 Å². The zero-order valence-corrected chi connectivity index (χ0v) is 16.9. The Labute approximate surface area is 177 Å². The number of hydrogen-bond donors (Lipinski definition) is 2. The van der Waals surface area contributed by atoms with Gasteiger partial charge >= 0.3 is 0 Å². The first-order chi connectivity index (χ1) is 14.8. The summed E-state index contributed by atoms with van der Waals surface area (Å²) in [6, 6.07) is 20.0. The van der Waals surface area contributed by atoms with Gasteiger partial charge in [-0.2, -0.15) is 0 Å². The van der Waals surface area contributed by atoms with E-state index in [0.717, 1.165) is 27.0 Å². The van der Waals surface area contributed by atoms with Crippen LogP contribution in [0.3, 0.4) is 0 Å². The number of nitrogens with one attached hydrogen (secondary N) is 2. The average Bonchev–Trinajstić information content (AvgIpc) is 3.26. The normalized spacial score (nSPS) is 11.0. The second-order valence-electron chi connectivity index (χ2n) is 6.69. The van der Waals surface area contributed by atoms with Crippen LogP contribution in [0.25, 0.3) is 22.2 Å². The number of nitrogens with zero attached hydrogens (tertiary/aromatic N) is 5. The van der Waals surface area contributed by atoms with Crippen molar-refractivity contribution in [3.63, 3.8) is 0 Å². The van der Waals surface area contributed by atoms with Gasteiger partial charge in [-0.15, -0.1) is 15.3 Å². The fourth-order valence-electron chi connectivity index (χ4n) is 3.04. The van der Waals surface area contributed by atoms with Crippen molar-refractivity contribution in [2.45, 2.75) is 17.1 Å². The van der Waals surface area contributed by atoms with Crippen molar-refractivity contribution in [1.82, 2.24) is 30.4 Å². The maximum absolute atomic E-state index is 4.57. The molecule has 0 radical (unpaired) electrons. The van der Waals surface area contributed by atoms with Crippen LogP contribution in [0.4, 0.5) is 11.5 Å². The van der Waals surface area contributed by atoms with E-state index in [4.69, 9.17) is 0 Å². The number of anilines is 2. The number of benzene rings is 2. The molecule has 5 aromatic rings. The predicted molar refractivity (Wildman–Crippen MR) is 118 cm³/mol. The lowest BCUT2D eigenvalue weighted by Gasteiger charge is -2.10. The molecule has 0 unspecified atom stereocenters. The molecule has 5 rings (SSSR count). The summed E-state index contributed by atoms with van der Waals surface area (Å²) in [5.74, 6) is 1.40. The van der Waals surface area contributed by atoms with Gasteiger partial charge in [0.25, 0.3) is 0 Å². The van der Waals surface area contributed by atoms with Gasteiger partial charge < -0.3 is 5.32 Å². The van der Waals surface area contributed by atoms with Crippen LogP contribution in [0.2, 0.25) is 0 Å². The minimum Gasteiger partial charge on any atom is -0.338 e. The van der Waals surface area contributed by atoms with Gasteiger partial charge in [-0.3, -0.25) is 10.1 Å². The molecule has 0 bridgehead atoms. The van der Waals surface area contributed by atoms with Gasteiger partial charge in [0.05, 0.1) is 0 Å². The summed E-state index contributed by atoms with van der Waals surface area (Å²) in [6.07, 6.45) is 3.45. The summed E-state index contributed by atoms with van der Waals surface area (Å²) >= 11 is 1.38. The highest BCUT2D eigenvalue weighted by molar-refractivity contribution is 7.99. The Kier molecular flexibility index (Phi) is 4.82. The Hall–Kier alpha value is -3.78. The van der Waals surface area contributed by atoms with E-state index in [9.17, 15) is 0 Å². The summed E-state index contributed by atoms with van der Waals surface area (Å²) in [6.45, 7) is 2.06. The summed E-state index contributed by atoms with van der Waals surface area (Å²) in [4.78, 5) is 8.60. The molecule has 0 aliphatic rings. The topological polar surface area (TPSA) is 92.3 Å². The molecule has 0 aliphatic heterocycles. The minimum atomic E-state index is 0.584. The molecule has 2 aromatic carbocycles. The number of hydrogen-bond acceptors (Lipinski definition) is 7. The number of aromatic nitrogens is 6. The van der Waals surface area contributed by atoms with E-state index in [2.05, 4.69) is 54.7 Å². The summed E-state index contributed by atoms with van der Waals surface area (Å²) in [5, 5.41) is 22.8. The fraction of sp³-hybridized carbons (Fsp3) is 0.0455. The predicted octanol–water partition coefficient (Wildman–Crippen LogP) is 5.01. The van der Waals surface area contributed by atoms with Crippen LogP contribution in [0.15, 0.2) is 83.2 Å². The molecular weight excluding hydrogens is 394 g/mol. The number of fused-ring (bicyclic) bond motifs is 1. The quantitative estimate of drug-likeness (QED) is 0.420. The van der Waals surface area contributed by atoms with Crippen LogP contribution in [0, 0.1) is 6.92 Å². The Morgan fingerprint density at radius 1 is 0.867 bits per heavy atom. The van der Waals surface area contributed by atoms with Crippen LogP contribution >= 0.6 is 11.8 Å². The summed E-state index contributed by atoms with van der Waals surface area (Å²) in [7, 11) is 0. The maximum Gasteiger partial charge on any atom is 0.215 e. The second-order valence-corrected chi connectivity index (χ2v) is 7.65. The van der Waals surface area contributed by atoms with Gasteiger partial charge in [0.2, 0.25) is 5.16 Å². The maximum atomic E-state index is 4.57. The molecule has 3 aromatic heterocycles. The molecule has 8 heteroatoms. The van der Waals surface area contributed by atoms with E-state index in [1.165, 1.54) is 17.3 Å². The molecule has 146 valence electrons. The lowest BCUT2D eigenvalue weighted by atomic mass is 10.2. The van der Waals surface area contributed by atoms with Crippen LogP contribution in [-0.4, -0.2) is 30.4 Å². The largest absolute Gasteiger partial charge is 0.338 e. The molecule has 0 saturated heterocycles. The molecular formula is C22H17N7S. The molecule has 2 N–H and O–H groups in total. The molecule has 0 saturated carbocycles. The molecule has 0 aliphatic carbocycles. The number of rotatable bonds is 5. The van der Waals surface area contributed by atoms with E-state index >= 15 is 0 Å². The van der Waals surface area contributed by atoms with Gasteiger partial charge in [-0.1, -0.05) is 42.0 Å². The highest BCUT2D eigenvalue weighted by Gasteiger charge is 2.14. The van der Waals surface area contributed by atoms with Crippen molar-refractivity contribution < 1.29 is 0 Å². The van der Waals surface area contributed by atoms with Gasteiger partial charge in [0, 0.05) is 34.4 Å². The standard InChI is InChI=1S/C22H17N7S/c1-14-6-8-16(9-7-14)24-20-17-4-2-3-5-18(17)21(28-27-20)30-22-25-19(26-29-22)15-10-12-23-13-11-15/h2-13H,1H3,(H,24,27)(H,25,26,29). The third-order valence-electron chi connectivity index (χ3n) is 4.57. The van der Waals surface area contributed by atoms with Crippen molar-refractivity contribution in [3.05, 3.63) is 78.6 Å². The van der Waals surface area contributed by atoms with Crippen LogP contribution in [-0.2, 0) is 0 Å². The molecule has 30 heavy (non-hydrogen) atoms. The first kappa shape index (κ1) is 18.3. The van der Waals surface area contributed by atoms with Gasteiger partial charge in [0.1, 0.15) is 5.03 Å². The van der Waals surface area contributed by atoms with E-state index in [0.29, 0.717) is 16.8 Å². The minimum absolute atomic E-state index is 0.584. The van der Waals surface area contributed by atoms with E-state index in [-0.39, 0.29) is 0 Å². The number of aromatic amines is 1. The molecule has 0 spiro atoms. The first-order valence-corrected chi connectivity index (χ1v) is 10.2. The summed E-state index contributed by atoms with van der Waals surface area (Å²) < 4.78 is 0. The number of pyridine rings is 1. The Morgan fingerprint density at radius 3 is 2.43 bits per heavy atom. The van der Waals surface area contributed by atoms with E-state index in [1.54, 1.807) is 12.4 Å². The summed E-state index contributed by atoms with van der Waals surface area (Å²) in [5.41, 5.74) is 3.11. The van der Waals surface area contributed by atoms with Crippen molar-refractivity contribution in [3.8, 4) is 11.4 Å². The zero-order chi connectivity index (χ0) is 20.3. The van der Waals surface area contributed by atoms with Gasteiger partial charge in [0.15, 0.2) is 11.6 Å². The van der Waals surface area contributed by atoms with Crippen LogP contribution < -0.4 is 5.32 Å². The molecule has 7 nitrogen and oxygen atoms in total. The number of aryl methyl sites for hydroxylation is 1. The Bertz CT molecular complexity index is 1300. The number of H-pyrrole nitrogens is 1. The van der Waals surface area contributed by atoms with Gasteiger partial charge in [-0.25, -0.2) is 4.98 Å². The smallest absolute Gasteiger partial charge is 0.215 e. The van der Waals surface area contributed by atoms with Crippen molar-refractivity contribution in [2.75, 3.05) is 5.32 Å². The first-order valence-electron chi connectivity index (χ1n) is 9.36. The SMILES string of the molecule is Cc1ccc(Nc2nnc(Sc3n[nH]c(-c4ccncc4)n3)c3ccccc23)cc1. The lowest BCUT2D eigenvalue weighted by molar-refractivity contribution is 0.938. The van der Waals surface area contributed by atoms with E-state index < -0.39 is 0 Å². The lowest BCUT2D eigenvalue weighted by Crippen LogP contribution is -1.98. The monoisotopic (exact) mass is 411 g/mol. The van der Waals surface area contributed by atoms with Crippen molar-refractivity contribution in [2.24, 2.45) is 0 Å². The van der Waals surface area contributed by atoms with Crippen molar-refractivity contribution >= 4 is 34.0 Å². The fourth-order valence-corrected chi connectivity index (χ4v) is 3.81. The molecule has 0 atom stereocenters. The third-order valence-corrected chi connectivity index (χ3v) is 5.43. The molecule has 3 heterocycles. The third kappa shape index (κ3) is 3.72. The Morgan fingerprint density at radius 2 is 1.63 bits per heavy atom. The van der Waals surface area contributed by atoms with Gasteiger partial charge in [-0.05, 0) is 43.0 Å². The second kappa shape index (κ2) is 7.92. The highest BCUT2D eigenvalue weighted by atomic mass is 32.2. The van der Waals surface area contributed by atoms with E-state index in [1.807, 2.05) is 48.5 Å². The Balaban J connectivity index is 1.46. The average molecular weight is 411 g/mol. The highest BCUT2D eigenvalue weighted by Crippen LogP contribution is 2.33. The van der Waals surface area contributed by atoms with Crippen LogP contribution in [0.5, 0.6) is 0 Å². The zero-order valence-electron chi connectivity index (χ0n) is 16.1.